The lowest BCUT2D eigenvalue weighted by Crippen LogP contribution is -2.29. The zero-order chi connectivity index (χ0) is 21.3. The van der Waals surface area contributed by atoms with Gasteiger partial charge in [-0.25, -0.2) is 16.8 Å². The van der Waals surface area contributed by atoms with Crippen LogP contribution >= 0.6 is 0 Å². The summed E-state index contributed by atoms with van der Waals surface area (Å²) in [5.41, 5.74) is 1.10. The molecule has 2 N–H and O–H groups in total. The number of aliphatic imine (C=N–C) groups is 1. The Morgan fingerprint density at radius 1 is 0.862 bits per heavy atom. The summed E-state index contributed by atoms with van der Waals surface area (Å²) in [5, 5.41) is 0. The van der Waals surface area contributed by atoms with Crippen LogP contribution in [0.1, 0.15) is 39.2 Å². The topological polar surface area (TPSA) is 105 Å². The Hall–Kier alpha value is -2.39. The highest BCUT2D eigenvalue weighted by Gasteiger charge is 2.21. The largest absolute Gasteiger partial charge is 0.280 e. The van der Waals surface area contributed by atoms with E-state index in [1.807, 2.05) is 20.8 Å². The van der Waals surface area contributed by atoms with Crippen molar-refractivity contribution in [1.29, 1.82) is 0 Å². The summed E-state index contributed by atoms with van der Waals surface area (Å²) in [6.45, 7) is 6.75. The highest BCUT2D eigenvalue weighted by Crippen LogP contribution is 2.25. The third-order valence-corrected chi connectivity index (χ3v) is 7.33. The van der Waals surface area contributed by atoms with Gasteiger partial charge in [0, 0.05) is 13.0 Å². The monoisotopic (exact) mass is 435 g/mol. The molecule has 1 aliphatic rings. The second kappa shape index (κ2) is 7.79. The Kier molecular flexibility index (Phi) is 5.73. The molecule has 2 aromatic carbocycles. The van der Waals surface area contributed by atoms with Crippen LogP contribution in [0.5, 0.6) is 0 Å². The first-order valence-electron chi connectivity index (χ1n) is 9.27. The van der Waals surface area contributed by atoms with Crippen LogP contribution in [0.15, 0.2) is 63.3 Å². The van der Waals surface area contributed by atoms with Crippen LogP contribution in [0.4, 0.5) is 5.69 Å². The lowest BCUT2D eigenvalue weighted by Gasteiger charge is -2.19. The van der Waals surface area contributed by atoms with Crippen LogP contribution < -0.4 is 9.44 Å². The average Bonchev–Trinajstić information content (AvgIpc) is 3.13. The normalized spacial score (nSPS) is 15.1. The van der Waals surface area contributed by atoms with Crippen molar-refractivity contribution in [3.05, 3.63) is 54.1 Å². The summed E-state index contributed by atoms with van der Waals surface area (Å²) in [5.74, 6) is 0.426. The molecule has 0 radical (unpaired) electrons. The van der Waals surface area contributed by atoms with Crippen molar-refractivity contribution < 1.29 is 16.8 Å². The maximum Gasteiger partial charge on any atom is 0.262 e. The van der Waals surface area contributed by atoms with E-state index in [2.05, 4.69) is 14.4 Å². The number of hydrogen-bond acceptors (Lipinski definition) is 5. The predicted molar refractivity (Wildman–Crippen MR) is 114 cm³/mol. The second-order valence-corrected chi connectivity index (χ2v) is 11.3. The van der Waals surface area contributed by atoms with Crippen LogP contribution in [0.2, 0.25) is 0 Å². The van der Waals surface area contributed by atoms with Gasteiger partial charge in [-0.1, -0.05) is 39.0 Å². The van der Waals surface area contributed by atoms with Gasteiger partial charge in [-0.15, -0.1) is 0 Å². The van der Waals surface area contributed by atoms with Gasteiger partial charge in [0.15, 0.2) is 0 Å². The highest BCUT2D eigenvalue weighted by atomic mass is 32.2. The molecular weight excluding hydrogens is 410 g/mol. The Morgan fingerprint density at radius 3 is 2.10 bits per heavy atom. The van der Waals surface area contributed by atoms with Crippen molar-refractivity contribution in [2.45, 2.75) is 48.8 Å². The van der Waals surface area contributed by atoms with Gasteiger partial charge in [-0.3, -0.25) is 14.4 Å². The number of rotatable bonds is 5. The van der Waals surface area contributed by atoms with E-state index in [0.29, 0.717) is 18.8 Å². The molecule has 0 spiro atoms. The number of benzene rings is 2. The second-order valence-electron chi connectivity index (χ2n) is 7.95. The molecule has 0 fully saturated rings. The molecule has 9 heteroatoms. The van der Waals surface area contributed by atoms with Gasteiger partial charge in [0.05, 0.1) is 15.5 Å². The van der Waals surface area contributed by atoms with Gasteiger partial charge in [0.25, 0.3) is 20.0 Å². The third kappa shape index (κ3) is 5.16. The fourth-order valence-corrected chi connectivity index (χ4v) is 5.10. The standard InChI is InChI=1S/C20H25N3O4S2/c1-20(2,3)15-9-11-17(12-10-15)28(24,25)22-16-6-4-7-18(14-16)29(26,27)23-19-8-5-13-21-19/h4,6-7,9-12,14,22H,5,8,13H2,1-3H3,(H,21,23). The van der Waals surface area contributed by atoms with E-state index in [1.165, 1.54) is 24.3 Å². The van der Waals surface area contributed by atoms with Crippen molar-refractivity contribution >= 4 is 31.6 Å². The van der Waals surface area contributed by atoms with E-state index < -0.39 is 20.0 Å². The van der Waals surface area contributed by atoms with Crippen molar-refractivity contribution in [2.75, 3.05) is 11.3 Å². The molecule has 0 unspecified atom stereocenters. The Bertz CT molecular complexity index is 1130. The molecule has 1 heterocycles. The molecular formula is C20H25N3O4S2. The highest BCUT2D eigenvalue weighted by molar-refractivity contribution is 7.92. The van der Waals surface area contributed by atoms with Crippen LogP contribution in [0.25, 0.3) is 0 Å². The minimum absolute atomic E-state index is 0.0321. The van der Waals surface area contributed by atoms with Crippen molar-refractivity contribution in [1.82, 2.24) is 4.72 Å². The Balaban J connectivity index is 1.82. The first-order chi connectivity index (χ1) is 13.5. The summed E-state index contributed by atoms with van der Waals surface area (Å²) in [7, 11) is -7.67. The summed E-state index contributed by atoms with van der Waals surface area (Å²) < 4.78 is 55.4. The third-order valence-electron chi connectivity index (χ3n) is 4.55. The van der Waals surface area contributed by atoms with Crippen molar-refractivity contribution in [3.8, 4) is 0 Å². The number of sulfonamides is 2. The van der Waals surface area contributed by atoms with Gasteiger partial charge in [-0.05, 0) is 47.7 Å². The van der Waals surface area contributed by atoms with Gasteiger partial charge in [0.2, 0.25) is 0 Å². The van der Waals surface area contributed by atoms with E-state index in [0.717, 1.165) is 12.0 Å². The lowest BCUT2D eigenvalue weighted by atomic mass is 9.87. The molecule has 0 saturated heterocycles. The van der Waals surface area contributed by atoms with Crippen LogP contribution in [0.3, 0.4) is 0 Å². The molecule has 156 valence electrons. The number of hydrogen-bond donors (Lipinski definition) is 2. The maximum atomic E-state index is 12.7. The lowest BCUT2D eigenvalue weighted by molar-refractivity contribution is 0.587. The molecule has 0 aromatic heterocycles. The summed E-state index contributed by atoms with van der Waals surface area (Å²) in [6.07, 6.45) is 1.39. The minimum Gasteiger partial charge on any atom is -0.280 e. The minimum atomic E-state index is -3.85. The molecule has 0 bridgehead atoms. The molecule has 2 aromatic rings. The number of anilines is 1. The SMILES string of the molecule is CC(C)(C)c1ccc(S(=O)(=O)Nc2cccc(S(=O)(=O)NC3=NCCC3)c2)cc1. The quantitative estimate of drug-likeness (QED) is 0.752. The van der Waals surface area contributed by atoms with Crippen LogP contribution in [0, 0.1) is 0 Å². The maximum absolute atomic E-state index is 12.7. The molecule has 3 rings (SSSR count). The molecule has 0 aliphatic carbocycles. The van der Waals surface area contributed by atoms with E-state index in [1.54, 1.807) is 24.3 Å². The van der Waals surface area contributed by atoms with Crippen LogP contribution in [-0.4, -0.2) is 29.2 Å². The molecule has 0 saturated carbocycles. The molecule has 7 nitrogen and oxygen atoms in total. The van der Waals surface area contributed by atoms with Crippen molar-refractivity contribution in [2.24, 2.45) is 4.99 Å². The Morgan fingerprint density at radius 2 is 1.52 bits per heavy atom. The van der Waals surface area contributed by atoms with E-state index in [4.69, 9.17) is 0 Å². The van der Waals surface area contributed by atoms with Crippen molar-refractivity contribution in [3.63, 3.8) is 0 Å². The zero-order valence-electron chi connectivity index (χ0n) is 16.6. The smallest absolute Gasteiger partial charge is 0.262 e. The van der Waals surface area contributed by atoms with Gasteiger partial charge in [-0.2, -0.15) is 0 Å². The fraction of sp³-hybridized carbons (Fsp3) is 0.350. The number of nitrogens with one attached hydrogen (secondary N) is 2. The van der Waals surface area contributed by atoms with Gasteiger partial charge >= 0.3 is 0 Å². The summed E-state index contributed by atoms with van der Waals surface area (Å²) >= 11 is 0. The molecule has 29 heavy (non-hydrogen) atoms. The van der Waals surface area contributed by atoms with E-state index in [9.17, 15) is 16.8 Å². The van der Waals surface area contributed by atoms with E-state index in [-0.39, 0.29) is 20.9 Å². The zero-order valence-corrected chi connectivity index (χ0v) is 18.3. The van der Waals surface area contributed by atoms with Gasteiger partial charge in [0.1, 0.15) is 5.84 Å². The Labute approximate surface area is 172 Å². The molecule has 1 aliphatic heterocycles. The molecule has 0 amide bonds. The fourth-order valence-electron chi connectivity index (χ4n) is 2.91. The first-order valence-corrected chi connectivity index (χ1v) is 12.2. The predicted octanol–water partition coefficient (Wildman–Crippen LogP) is 3.26. The summed E-state index contributed by atoms with van der Waals surface area (Å²) in [6, 6.07) is 12.3. The van der Waals surface area contributed by atoms with E-state index >= 15 is 0 Å². The number of amidine groups is 1. The average molecular weight is 436 g/mol. The first kappa shape index (κ1) is 21.3. The molecule has 0 atom stereocenters. The number of nitrogens with zero attached hydrogens (tertiary/aromatic N) is 1. The van der Waals surface area contributed by atoms with Crippen LogP contribution in [-0.2, 0) is 25.5 Å². The van der Waals surface area contributed by atoms with Gasteiger partial charge < -0.3 is 0 Å². The summed E-state index contributed by atoms with van der Waals surface area (Å²) in [4.78, 5) is 4.18.